The Balaban J connectivity index is 2.13. The topological polar surface area (TPSA) is 24.4 Å². The number of nitrogens with one attached hydrogen (secondary N) is 1. The summed E-state index contributed by atoms with van der Waals surface area (Å²) in [5, 5.41) is 3.33. The Bertz CT molecular complexity index is 376. The molecule has 0 saturated heterocycles. The summed E-state index contributed by atoms with van der Waals surface area (Å²) in [5.74, 6) is 1.11. The van der Waals surface area contributed by atoms with Gasteiger partial charge in [-0.05, 0) is 63.1 Å². The van der Waals surface area contributed by atoms with E-state index in [2.05, 4.69) is 67.0 Å². The highest BCUT2D eigenvalue weighted by Crippen LogP contribution is 2.23. The average molecular weight is 365 g/mol. The quantitative estimate of drug-likeness (QED) is 0.755. The second kappa shape index (κ2) is 4.61. The van der Waals surface area contributed by atoms with Crippen molar-refractivity contribution >= 4 is 50.0 Å². The minimum atomic E-state index is 0.968. The van der Waals surface area contributed by atoms with Crippen LogP contribution in [0.1, 0.15) is 12.8 Å². The smallest absolute Gasteiger partial charge is 0.101 e. The van der Waals surface area contributed by atoms with Crippen molar-refractivity contribution in [3.8, 4) is 0 Å². The highest BCUT2D eigenvalue weighted by atomic mass is 127. The number of amidine groups is 1. The molecule has 14 heavy (non-hydrogen) atoms. The number of hydrogen-bond donors (Lipinski definition) is 1. The molecule has 1 aromatic rings. The van der Waals surface area contributed by atoms with Gasteiger partial charge in [-0.1, -0.05) is 0 Å². The lowest BCUT2D eigenvalue weighted by Crippen LogP contribution is -2.08. The Hall–Kier alpha value is -0.100. The molecule has 1 N–H and O–H groups in total. The normalized spacial score (nSPS) is 15.4. The van der Waals surface area contributed by atoms with Crippen LogP contribution >= 0.6 is 38.5 Å². The molecule has 4 heteroatoms. The Morgan fingerprint density at radius 2 is 2.29 bits per heavy atom. The van der Waals surface area contributed by atoms with Crippen molar-refractivity contribution < 1.29 is 0 Å². The predicted octanol–water partition coefficient (Wildman–Crippen LogP) is 3.66. The van der Waals surface area contributed by atoms with Crippen molar-refractivity contribution in [1.82, 2.24) is 0 Å². The summed E-state index contributed by atoms with van der Waals surface area (Å²) in [7, 11) is 0. The number of halogens is 2. The van der Waals surface area contributed by atoms with Gasteiger partial charge >= 0.3 is 0 Å². The van der Waals surface area contributed by atoms with E-state index in [4.69, 9.17) is 0 Å². The van der Waals surface area contributed by atoms with Gasteiger partial charge in [-0.25, -0.2) is 0 Å². The molecular formula is C10H10BrIN2. The SMILES string of the molecule is Brc1ccc(NC2=NCCC2)cc1I. The number of aliphatic imine (C=N–C) groups is 1. The highest BCUT2D eigenvalue weighted by molar-refractivity contribution is 14.1. The van der Waals surface area contributed by atoms with Gasteiger partial charge in [-0.2, -0.15) is 0 Å². The standard InChI is InChI=1S/C10H10BrIN2/c11-8-4-3-7(6-9(8)12)14-10-2-1-5-13-10/h3-4,6H,1-2,5H2,(H,13,14). The summed E-state index contributed by atoms with van der Waals surface area (Å²) in [6.45, 7) is 0.968. The maximum absolute atomic E-state index is 4.37. The largest absolute Gasteiger partial charge is 0.344 e. The maximum atomic E-state index is 4.37. The molecule has 0 aromatic heterocycles. The Morgan fingerprint density at radius 1 is 1.43 bits per heavy atom. The first-order valence-corrected chi connectivity index (χ1v) is 6.38. The molecule has 74 valence electrons. The molecule has 1 aliphatic heterocycles. The van der Waals surface area contributed by atoms with E-state index >= 15 is 0 Å². The Labute approximate surface area is 105 Å². The van der Waals surface area contributed by atoms with Gasteiger partial charge in [0.1, 0.15) is 5.84 Å². The van der Waals surface area contributed by atoms with Gasteiger partial charge in [0, 0.05) is 26.7 Å². The van der Waals surface area contributed by atoms with Crippen LogP contribution < -0.4 is 5.32 Å². The van der Waals surface area contributed by atoms with E-state index in [9.17, 15) is 0 Å². The van der Waals surface area contributed by atoms with E-state index in [1.165, 1.54) is 9.99 Å². The van der Waals surface area contributed by atoms with E-state index in [-0.39, 0.29) is 0 Å². The lowest BCUT2D eigenvalue weighted by molar-refractivity contribution is 0.951. The van der Waals surface area contributed by atoms with Crippen LogP contribution in [0.5, 0.6) is 0 Å². The molecule has 1 aliphatic rings. The molecule has 0 unspecified atom stereocenters. The van der Waals surface area contributed by atoms with Crippen molar-refractivity contribution in [2.24, 2.45) is 4.99 Å². The van der Waals surface area contributed by atoms with Gasteiger partial charge in [-0.3, -0.25) is 4.99 Å². The third-order valence-corrected chi connectivity index (χ3v) is 4.41. The van der Waals surface area contributed by atoms with E-state index in [0.717, 1.165) is 29.0 Å². The van der Waals surface area contributed by atoms with Crippen LogP contribution in [0.3, 0.4) is 0 Å². The molecule has 1 aromatic carbocycles. The van der Waals surface area contributed by atoms with Crippen LogP contribution in [-0.2, 0) is 0 Å². The van der Waals surface area contributed by atoms with Gasteiger partial charge < -0.3 is 5.32 Å². The van der Waals surface area contributed by atoms with Gasteiger partial charge in [0.25, 0.3) is 0 Å². The molecule has 0 radical (unpaired) electrons. The predicted molar refractivity (Wildman–Crippen MR) is 72.0 cm³/mol. The molecule has 0 saturated carbocycles. The zero-order valence-corrected chi connectivity index (χ0v) is 11.3. The van der Waals surface area contributed by atoms with Crippen LogP contribution in [0.2, 0.25) is 0 Å². The summed E-state index contributed by atoms with van der Waals surface area (Å²) >= 11 is 5.79. The second-order valence-corrected chi connectivity index (χ2v) is 5.20. The minimum Gasteiger partial charge on any atom is -0.344 e. The Morgan fingerprint density at radius 3 is 2.93 bits per heavy atom. The van der Waals surface area contributed by atoms with Crippen LogP contribution in [0.25, 0.3) is 0 Å². The average Bonchev–Trinajstić information content (AvgIpc) is 2.64. The maximum Gasteiger partial charge on any atom is 0.101 e. The summed E-state index contributed by atoms with van der Waals surface area (Å²) in [6.07, 6.45) is 2.25. The summed E-state index contributed by atoms with van der Waals surface area (Å²) in [4.78, 5) is 4.37. The van der Waals surface area contributed by atoms with Gasteiger partial charge in [0.2, 0.25) is 0 Å². The van der Waals surface area contributed by atoms with Gasteiger partial charge in [0.15, 0.2) is 0 Å². The zero-order chi connectivity index (χ0) is 9.97. The molecule has 2 nitrogen and oxygen atoms in total. The minimum absolute atomic E-state index is 0.968. The first-order chi connectivity index (χ1) is 6.75. The van der Waals surface area contributed by atoms with Crippen molar-refractivity contribution in [2.45, 2.75) is 12.8 Å². The van der Waals surface area contributed by atoms with Gasteiger partial charge in [0.05, 0.1) is 0 Å². The van der Waals surface area contributed by atoms with Crippen LogP contribution in [0.15, 0.2) is 27.7 Å². The lowest BCUT2D eigenvalue weighted by atomic mass is 10.3. The van der Waals surface area contributed by atoms with Crippen molar-refractivity contribution in [3.63, 3.8) is 0 Å². The molecule has 0 amide bonds. The summed E-state index contributed by atoms with van der Waals surface area (Å²) in [5.41, 5.74) is 1.12. The van der Waals surface area contributed by atoms with Crippen LogP contribution in [0.4, 0.5) is 5.69 Å². The Kier molecular flexibility index (Phi) is 3.43. The molecule has 0 atom stereocenters. The number of benzene rings is 1. The van der Waals surface area contributed by atoms with Crippen molar-refractivity contribution in [2.75, 3.05) is 11.9 Å². The second-order valence-electron chi connectivity index (χ2n) is 3.19. The summed E-state index contributed by atoms with van der Waals surface area (Å²) in [6, 6.07) is 6.23. The number of rotatable bonds is 1. The fourth-order valence-corrected chi connectivity index (χ4v) is 2.14. The fraction of sp³-hybridized carbons (Fsp3) is 0.300. The molecule has 0 fully saturated rings. The third-order valence-electron chi connectivity index (χ3n) is 2.08. The summed E-state index contributed by atoms with van der Waals surface area (Å²) < 4.78 is 2.35. The monoisotopic (exact) mass is 364 g/mol. The lowest BCUT2D eigenvalue weighted by Gasteiger charge is -2.06. The third kappa shape index (κ3) is 2.48. The van der Waals surface area contributed by atoms with Gasteiger partial charge in [-0.15, -0.1) is 0 Å². The number of hydrogen-bond acceptors (Lipinski definition) is 2. The van der Waals surface area contributed by atoms with Crippen LogP contribution in [-0.4, -0.2) is 12.4 Å². The first-order valence-electron chi connectivity index (χ1n) is 4.51. The molecule has 1 heterocycles. The number of nitrogens with zero attached hydrogens (tertiary/aromatic N) is 1. The van der Waals surface area contributed by atoms with E-state index in [1.54, 1.807) is 0 Å². The number of anilines is 1. The molecule has 0 bridgehead atoms. The van der Waals surface area contributed by atoms with E-state index < -0.39 is 0 Å². The molecule has 0 aliphatic carbocycles. The van der Waals surface area contributed by atoms with Crippen molar-refractivity contribution in [3.05, 3.63) is 26.2 Å². The molecule has 2 rings (SSSR count). The molecular weight excluding hydrogens is 355 g/mol. The van der Waals surface area contributed by atoms with E-state index in [1.807, 2.05) is 0 Å². The zero-order valence-electron chi connectivity index (χ0n) is 7.56. The highest BCUT2D eigenvalue weighted by Gasteiger charge is 2.06. The fourth-order valence-electron chi connectivity index (χ4n) is 1.38. The van der Waals surface area contributed by atoms with Crippen molar-refractivity contribution in [1.29, 1.82) is 0 Å². The first kappa shape index (κ1) is 10.4. The van der Waals surface area contributed by atoms with E-state index in [0.29, 0.717) is 0 Å². The molecule has 0 spiro atoms. The van der Waals surface area contributed by atoms with Crippen LogP contribution in [0, 0.1) is 3.57 Å².